The van der Waals surface area contributed by atoms with Crippen LogP contribution in [0.4, 0.5) is 0 Å². The predicted molar refractivity (Wildman–Crippen MR) is 69.2 cm³/mol. The SMILES string of the molecule is Clc1ccccc1.O=C(O)Cc1ccccc1. The van der Waals surface area contributed by atoms with E-state index in [2.05, 4.69) is 0 Å². The molecule has 2 nitrogen and oxygen atoms in total. The second kappa shape index (κ2) is 7.47. The largest absolute Gasteiger partial charge is 0.481 e. The average Bonchev–Trinajstić information content (AvgIpc) is 2.31. The standard InChI is InChI=1S/C8H8O2.C6H5Cl/c9-8(10)6-7-4-2-1-3-5-7;7-6-4-2-1-3-5-6/h1-5H,6H2,(H,9,10);1-5H. The van der Waals surface area contributed by atoms with Crippen LogP contribution in [0.1, 0.15) is 5.56 Å². The van der Waals surface area contributed by atoms with Crippen LogP contribution in [0.3, 0.4) is 0 Å². The van der Waals surface area contributed by atoms with E-state index in [-0.39, 0.29) is 6.42 Å². The van der Waals surface area contributed by atoms with E-state index in [0.29, 0.717) is 0 Å². The van der Waals surface area contributed by atoms with Gasteiger partial charge in [-0.1, -0.05) is 60.1 Å². The molecule has 2 aromatic carbocycles. The van der Waals surface area contributed by atoms with E-state index in [0.717, 1.165) is 10.6 Å². The van der Waals surface area contributed by atoms with Crippen molar-refractivity contribution in [2.75, 3.05) is 0 Å². The number of hydrogen-bond donors (Lipinski definition) is 1. The number of hydrogen-bond acceptors (Lipinski definition) is 1. The molecule has 0 radical (unpaired) electrons. The molecule has 0 fully saturated rings. The van der Waals surface area contributed by atoms with Gasteiger partial charge in [0.1, 0.15) is 0 Å². The molecule has 0 spiro atoms. The lowest BCUT2D eigenvalue weighted by Crippen LogP contribution is -1.98. The van der Waals surface area contributed by atoms with Crippen LogP contribution in [-0.4, -0.2) is 11.1 Å². The molecule has 0 aliphatic rings. The van der Waals surface area contributed by atoms with E-state index in [1.807, 2.05) is 48.5 Å². The molecule has 1 N–H and O–H groups in total. The van der Waals surface area contributed by atoms with Gasteiger partial charge in [0.25, 0.3) is 0 Å². The van der Waals surface area contributed by atoms with Crippen LogP contribution in [0, 0.1) is 0 Å². The Kier molecular flexibility index (Phi) is 5.83. The van der Waals surface area contributed by atoms with Gasteiger partial charge in [-0.05, 0) is 17.7 Å². The minimum absolute atomic E-state index is 0.112. The molecule has 2 rings (SSSR count). The molecule has 0 aliphatic heterocycles. The normalized spacial score (nSPS) is 9.00. The molecule has 0 aromatic heterocycles. The lowest BCUT2D eigenvalue weighted by molar-refractivity contribution is -0.136. The fourth-order valence-electron chi connectivity index (χ4n) is 1.19. The van der Waals surface area contributed by atoms with Gasteiger partial charge in [0.05, 0.1) is 6.42 Å². The summed E-state index contributed by atoms with van der Waals surface area (Å²) in [6, 6.07) is 18.6. The van der Waals surface area contributed by atoms with Crippen molar-refractivity contribution >= 4 is 17.6 Å². The van der Waals surface area contributed by atoms with Gasteiger partial charge >= 0.3 is 5.97 Å². The zero-order chi connectivity index (χ0) is 12.5. The van der Waals surface area contributed by atoms with Crippen LogP contribution in [0.15, 0.2) is 60.7 Å². The molecule has 0 saturated heterocycles. The average molecular weight is 249 g/mol. The molecule has 0 heterocycles. The topological polar surface area (TPSA) is 37.3 Å². The first-order valence-electron chi connectivity index (χ1n) is 5.15. The maximum Gasteiger partial charge on any atom is 0.307 e. The molecule has 0 amide bonds. The quantitative estimate of drug-likeness (QED) is 0.881. The Morgan fingerprint density at radius 3 is 1.76 bits per heavy atom. The summed E-state index contributed by atoms with van der Waals surface area (Å²) in [4.78, 5) is 10.2. The molecule has 3 heteroatoms. The molecule has 0 atom stereocenters. The van der Waals surface area contributed by atoms with Crippen LogP contribution < -0.4 is 0 Å². The van der Waals surface area contributed by atoms with E-state index in [9.17, 15) is 4.79 Å². The first-order valence-corrected chi connectivity index (χ1v) is 5.52. The maximum absolute atomic E-state index is 10.2. The molecular formula is C14H13ClO2. The van der Waals surface area contributed by atoms with Crippen molar-refractivity contribution in [2.24, 2.45) is 0 Å². The number of carbonyl (C=O) groups is 1. The summed E-state index contributed by atoms with van der Waals surface area (Å²) in [6.07, 6.45) is 0.112. The van der Waals surface area contributed by atoms with Gasteiger partial charge in [-0.2, -0.15) is 0 Å². The van der Waals surface area contributed by atoms with Gasteiger partial charge in [0.15, 0.2) is 0 Å². The number of aliphatic carboxylic acids is 1. The van der Waals surface area contributed by atoms with E-state index in [1.165, 1.54) is 0 Å². The lowest BCUT2D eigenvalue weighted by atomic mass is 10.2. The Hall–Kier alpha value is -1.80. The van der Waals surface area contributed by atoms with Crippen LogP contribution in [0.2, 0.25) is 5.02 Å². The van der Waals surface area contributed by atoms with E-state index in [1.54, 1.807) is 12.1 Å². The van der Waals surface area contributed by atoms with Crippen molar-refractivity contribution in [1.82, 2.24) is 0 Å². The summed E-state index contributed by atoms with van der Waals surface area (Å²) >= 11 is 5.54. The highest BCUT2D eigenvalue weighted by Gasteiger charge is 1.96. The Labute approximate surface area is 105 Å². The molecule has 17 heavy (non-hydrogen) atoms. The smallest absolute Gasteiger partial charge is 0.307 e. The molecule has 88 valence electrons. The van der Waals surface area contributed by atoms with Crippen LogP contribution in [0.5, 0.6) is 0 Å². The van der Waals surface area contributed by atoms with E-state index in [4.69, 9.17) is 16.7 Å². The fourth-order valence-corrected chi connectivity index (χ4v) is 1.33. The maximum atomic E-state index is 10.2. The third-order valence-electron chi connectivity index (χ3n) is 1.93. The third kappa shape index (κ3) is 6.38. The zero-order valence-electron chi connectivity index (χ0n) is 9.21. The Bertz CT molecular complexity index is 440. The fraction of sp³-hybridized carbons (Fsp3) is 0.0714. The second-order valence-corrected chi connectivity index (χ2v) is 3.79. The first-order chi connectivity index (χ1) is 8.18. The van der Waals surface area contributed by atoms with Gasteiger partial charge in [-0.25, -0.2) is 0 Å². The first kappa shape index (κ1) is 13.3. The van der Waals surface area contributed by atoms with Crippen LogP contribution in [0.25, 0.3) is 0 Å². The van der Waals surface area contributed by atoms with E-state index < -0.39 is 5.97 Å². The number of halogens is 1. The summed E-state index contributed by atoms with van der Waals surface area (Å²) in [5.74, 6) is -0.786. The highest BCUT2D eigenvalue weighted by molar-refractivity contribution is 6.30. The minimum Gasteiger partial charge on any atom is -0.481 e. The Balaban J connectivity index is 0.000000181. The van der Waals surface area contributed by atoms with Crippen molar-refractivity contribution < 1.29 is 9.90 Å². The highest BCUT2D eigenvalue weighted by Crippen LogP contribution is 2.03. The van der Waals surface area contributed by atoms with Crippen LogP contribution >= 0.6 is 11.6 Å². The van der Waals surface area contributed by atoms with Crippen molar-refractivity contribution in [3.63, 3.8) is 0 Å². The molecule has 2 aromatic rings. The van der Waals surface area contributed by atoms with Crippen molar-refractivity contribution in [3.8, 4) is 0 Å². The monoisotopic (exact) mass is 248 g/mol. The number of benzene rings is 2. The lowest BCUT2D eigenvalue weighted by Gasteiger charge is -1.92. The van der Waals surface area contributed by atoms with Gasteiger partial charge in [-0.15, -0.1) is 0 Å². The minimum atomic E-state index is -0.786. The zero-order valence-corrected chi connectivity index (χ0v) is 9.97. The highest BCUT2D eigenvalue weighted by atomic mass is 35.5. The second-order valence-electron chi connectivity index (χ2n) is 3.35. The van der Waals surface area contributed by atoms with Crippen molar-refractivity contribution in [3.05, 3.63) is 71.2 Å². The molecular weight excluding hydrogens is 236 g/mol. The molecule has 0 bridgehead atoms. The predicted octanol–water partition coefficient (Wildman–Crippen LogP) is 3.65. The Morgan fingerprint density at radius 2 is 1.41 bits per heavy atom. The van der Waals surface area contributed by atoms with Gasteiger partial charge < -0.3 is 5.11 Å². The van der Waals surface area contributed by atoms with Crippen molar-refractivity contribution in [1.29, 1.82) is 0 Å². The van der Waals surface area contributed by atoms with Crippen molar-refractivity contribution in [2.45, 2.75) is 6.42 Å². The summed E-state index contributed by atoms with van der Waals surface area (Å²) in [5.41, 5.74) is 0.843. The number of carboxylic acid groups (broad SMARTS) is 1. The molecule has 0 saturated carbocycles. The van der Waals surface area contributed by atoms with Gasteiger partial charge in [0, 0.05) is 5.02 Å². The number of rotatable bonds is 2. The summed E-state index contributed by atoms with van der Waals surface area (Å²) in [7, 11) is 0. The van der Waals surface area contributed by atoms with Crippen LogP contribution in [-0.2, 0) is 11.2 Å². The summed E-state index contributed by atoms with van der Waals surface area (Å²) in [5, 5.41) is 9.16. The molecule has 0 unspecified atom stereocenters. The molecule has 0 aliphatic carbocycles. The number of carboxylic acids is 1. The van der Waals surface area contributed by atoms with Gasteiger partial charge in [0.2, 0.25) is 0 Å². The Morgan fingerprint density at radius 1 is 0.941 bits per heavy atom. The van der Waals surface area contributed by atoms with Gasteiger partial charge in [-0.3, -0.25) is 4.79 Å². The van der Waals surface area contributed by atoms with E-state index >= 15 is 0 Å². The third-order valence-corrected chi connectivity index (χ3v) is 2.18. The summed E-state index contributed by atoms with van der Waals surface area (Å²) in [6.45, 7) is 0. The summed E-state index contributed by atoms with van der Waals surface area (Å²) < 4.78 is 0.